The molecule has 0 saturated carbocycles. The summed E-state index contributed by atoms with van der Waals surface area (Å²) in [5.41, 5.74) is 1.64. The highest BCUT2D eigenvalue weighted by Crippen LogP contribution is 2.32. The number of carboxylic acids is 1. The van der Waals surface area contributed by atoms with Crippen molar-refractivity contribution in [2.45, 2.75) is 19.4 Å². The van der Waals surface area contributed by atoms with Gasteiger partial charge in [0.25, 0.3) is 0 Å². The highest BCUT2D eigenvalue weighted by Gasteiger charge is 2.17. The molecule has 7 nitrogen and oxygen atoms in total. The van der Waals surface area contributed by atoms with Gasteiger partial charge < -0.3 is 19.6 Å². The molecule has 120 valence electrons. The van der Waals surface area contributed by atoms with E-state index < -0.39 is 5.97 Å². The largest absolute Gasteiger partial charge is 0.493 e. The fourth-order valence-corrected chi connectivity index (χ4v) is 2.23. The molecule has 0 aliphatic rings. The summed E-state index contributed by atoms with van der Waals surface area (Å²) in [6.45, 7) is 2.44. The minimum Gasteiger partial charge on any atom is -0.493 e. The van der Waals surface area contributed by atoms with Gasteiger partial charge in [-0.05, 0) is 14.0 Å². The number of aromatic nitrogens is 2. The van der Waals surface area contributed by atoms with Crippen molar-refractivity contribution in [2.24, 2.45) is 0 Å². The van der Waals surface area contributed by atoms with E-state index in [1.165, 1.54) is 0 Å². The molecule has 22 heavy (non-hydrogen) atoms. The first-order valence-electron chi connectivity index (χ1n) is 7.00. The Morgan fingerprint density at radius 3 is 2.59 bits per heavy atom. The second kappa shape index (κ2) is 6.65. The number of aromatic amines is 1. The molecule has 1 unspecified atom stereocenters. The summed E-state index contributed by atoms with van der Waals surface area (Å²) in [5.74, 6) is 1.23. The normalized spacial score (nSPS) is 12.6. The second-order valence-electron chi connectivity index (χ2n) is 5.15. The maximum atomic E-state index is 10.7. The fraction of sp³-hybridized carbons (Fsp3) is 0.467. The third kappa shape index (κ3) is 3.30. The molecule has 1 aromatic carbocycles. The Morgan fingerprint density at radius 1 is 1.36 bits per heavy atom. The molecule has 1 heterocycles. The third-order valence-electron chi connectivity index (χ3n) is 3.74. The van der Waals surface area contributed by atoms with Gasteiger partial charge >= 0.3 is 5.97 Å². The number of fused-ring (bicyclic) bond motifs is 1. The van der Waals surface area contributed by atoms with E-state index in [4.69, 9.17) is 14.6 Å². The van der Waals surface area contributed by atoms with Gasteiger partial charge in [0.05, 0.1) is 37.7 Å². The average molecular weight is 307 g/mol. The molecular weight excluding hydrogens is 286 g/mol. The number of carbonyl (C=O) groups is 1. The summed E-state index contributed by atoms with van der Waals surface area (Å²) in [6.07, 6.45) is 0.0999. The summed E-state index contributed by atoms with van der Waals surface area (Å²) >= 11 is 0. The van der Waals surface area contributed by atoms with E-state index in [1.807, 2.05) is 31.0 Å². The first-order chi connectivity index (χ1) is 10.5. The van der Waals surface area contributed by atoms with E-state index in [2.05, 4.69) is 9.97 Å². The van der Waals surface area contributed by atoms with Crippen molar-refractivity contribution in [1.29, 1.82) is 0 Å². The van der Waals surface area contributed by atoms with Crippen molar-refractivity contribution in [2.75, 3.05) is 27.8 Å². The van der Waals surface area contributed by atoms with Crippen LogP contribution in [-0.2, 0) is 4.79 Å². The lowest BCUT2D eigenvalue weighted by molar-refractivity contribution is -0.137. The lowest BCUT2D eigenvalue weighted by atomic mass is 10.2. The number of rotatable bonds is 7. The quantitative estimate of drug-likeness (QED) is 0.814. The smallest absolute Gasteiger partial charge is 0.304 e. The number of benzene rings is 1. The molecule has 0 aliphatic carbocycles. The molecule has 0 amide bonds. The zero-order chi connectivity index (χ0) is 16.3. The van der Waals surface area contributed by atoms with Gasteiger partial charge in [0.15, 0.2) is 11.5 Å². The number of hydrogen-bond acceptors (Lipinski definition) is 5. The number of ether oxygens (including phenoxy) is 2. The van der Waals surface area contributed by atoms with Crippen LogP contribution in [0.4, 0.5) is 0 Å². The number of hydrogen-bond donors (Lipinski definition) is 2. The molecule has 0 spiro atoms. The first-order valence-corrected chi connectivity index (χ1v) is 7.00. The van der Waals surface area contributed by atoms with E-state index in [0.717, 1.165) is 16.9 Å². The van der Waals surface area contributed by atoms with Crippen LogP contribution in [0, 0.1) is 0 Å². The highest BCUT2D eigenvalue weighted by atomic mass is 16.5. The van der Waals surface area contributed by atoms with Crippen molar-refractivity contribution in [3.63, 3.8) is 0 Å². The van der Waals surface area contributed by atoms with Crippen molar-refractivity contribution in [1.82, 2.24) is 14.9 Å². The molecule has 0 aliphatic heterocycles. The average Bonchev–Trinajstić information content (AvgIpc) is 2.92. The lowest BCUT2D eigenvalue weighted by Gasteiger charge is -2.21. The zero-order valence-corrected chi connectivity index (χ0v) is 13.2. The van der Waals surface area contributed by atoms with Crippen molar-refractivity contribution < 1.29 is 19.4 Å². The summed E-state index contributed by atoms with van der Waals surface area (Å²) in [5, 5.41) is 8.77. The molecular formula is C15H21N3O4. The first kappa shape index (κ1) is 16.1. The molecule has 1 aromatic heterocycles. The van der Waals surface area contributed by atoms with Gasteiger partial charge in [0.2, 0.25) is 0 Å². The van der Waals surface area contributed by atoms with Crippen LogP contribution in [0.3, 0.4) is 0 Å². The zero-order valence-electron chi connectivity index (χ0n) is 13.2. The van der Waals surface area contributed by atoms with Gasteiger partial charge in [-0.3, -0.25) is 9.69 Å². The molecule has 0 bridgehead atoms. The topological polar surface area (TPSA) is 87.7 Å². The van der Waals surface area contributed by atoms with Gasteiger partial charge in [-0.1, -0.05) is 0 Å². The Hall–Kier alpha value is -2.28. The van der Waals surface area contributed by atoms with Crippen LogP contribution >= 0.6 is 0 Å². The Bertz CT molecular complexity index is 627. The molecule has 1 atom stereocenters. The summed E-state index contributed by atoms with van der Waals surface area (Å²) in [6, 6.07) is 3.64. The van der Waals surface area contributed by atoms with Crippen molar-refractivity contribution >= 4 is 17.0 Å². The molecule has 0 saturated heterocycles. The monoisotopic (exact) mass is 307 g/mol. The molecule has 0 fully saturated rings. The van der Waals surface area contributed by atoms with Crippen LogP contribution in [0.5, 0.6) is 11.5 Å². The fourth-order valence-electron chi connectivity index (χ4n) is 2.23. The van der Waals surface area contributed by atoms with Crippen LogP contribution in [0.1, 0.15) is 25.2 Å². The van der Waals surface area contributed by atoms with E-state index in [9.17, 15) is 4.79 Å². The summed E-state index contributed by atoms with van der Waals surface area (Å²) < 4.78 is 10.5. The maximum Gasteiger partial charge on any atom is 0.304 e. The third-order valence-corrected chi connectivity index (χ3v) is 3.74. The van der Waals surface area contributed by atoms with E-state index in [0.29, 0.717) is 18.0 Å². The van der Waals surface area contributed by atoms with Gasteiger partial charge in [-0.2, -0.15) is 0 Å². The van der Waals surface area contributed by atoms with E-state index in [-0.39, 0.29) is 12.5 Å². The Balaban J connectivity index is 2.26. The Kier molecular flexibility index (Phi) is 4.87. The van der Waals surface area contributed by atoms with Gasteiger partial charge in [-0.25, -0.2) is 4.98 Å². The lowest BCUT2D eigenvalue weighted by Crippen LogP contribution is -2.25. The van der Waals surface area contributed by atoms with Crippen molar-refractivity contribution in [3.8, 4) is 11.5 Å². The van der Waals surface area contributed by atoms with Gasteiger partial charge in [-0.15, -0.1) is 0 Å². The molecule has 2 rings (SSSR count). The number of aliphatic carboxylic acids is 1. The minimum atomic E-state index is -0.807. The highest BCUT2D eigenvalue weighted by molar-refractivity contribution is 5.79. The number of nitrogens with zero attached hydrogens (tertiary/aromatic N) is 2. The van der Waals surface area contributed by atoms with Crippen LogP contribution in [0.15, 0.2) is 12.1 Å². The van der Waals surface area contributed by atoms with Crippen LogP contribution in [0.2, 0.25) is 0 Å². The Labute approximate surface area is 128 Å². The van der Waals surface area contributed by atoms with Crippen LogP contribution in [0.25, 0.3) is 11.0 Å². The van der Waals surface area contributed by atoms with Crippen LogP contribution in [-0.4, -0.2) is 53.8 Å². The predicted molar refractivity (Wildman–Crippen MR) is 82.5 cm³/mol. The number of nitrogens with one attached hydrogen (secondary N) is 1. The van der Waals surface area contributed by atoms with Gasteiger partial charge in [0.1, 0.15) is 5.82 Å². The number of methoxy groups -OCH3 is 2. The number of imidazole rings is 1. The standard InChI is InChI=1S/C15H21N3O4/c1-9(18(2)6-5-14(19)20)15-16-10-7-12(21-3)13(22-4)8-11(10)17-15/h7-9H,5-6H2,1-4H3,(H,16,17)(H,19,20). The van der Waals surface area contributed by atoms with Crippen molar-refractivity contribution in [3.05, 3.63) is 18.0 Å². The number of H-pyrrole nitrogens is 1. The summed E-state index contributed by atoms with van der Waals surface area (Å²) in [4.78, 5) is 20.4. The van der Waals surface area contributed by atoms with Crippen LogP contribution < -0.4 is 9.47 Å². The number of carboxylic acid groups (broad SMARTS) is 1. The molecule has 2 N–H and O–H groups in total. The van der Waals surface area contributed by atoms with E-state index >= 15 is 0 Å². The minimum absolute atomic E-state index is 0.0243. The molecule has 2 aromatic rings. The Morgan fingerprint density at radius 2 is 2.00 bits per heavy atom. The SMILES string of the molecule is COc1cc2nc(C(C)N(C)CCC(=O)O)[nH]c2cc1OC. The van der Waals surface area contributed by atoms with Gasteiger partial charge in [0, 0.05) is 18.7 Å². The second-order valence-corrected chi connectivity index (χ2v) is 5.15. The maximum absolute atomic E-state index is 10.7. The molecule has 0 radical (unpaired) electrons. The molecule has 7 heteroatoms. The summed E-state index contributed by atoms with van der Waals surface area (Å²) in [7, 11) is 5.05. The van der Waals surface area contributed by atoms with E-state index in [1.54, 1.807) is 14.2 Å². The predicted octanol–water partition coefficient (Wildman–Crippen LogP) is 2.05.